The van der Waals surface area contributed by atoms with E-state index in [9.17, 15) is 9.59 Å². The number of aryl methyl sites for hydroxylation is 1. The zero-order chi connectivity index (χ0) is 17.9. The molecule has 0 aliphatic heterocycles. The Kier molecular flexibility index (Phi) is 8.90. The summed E-state index contributed by atoms with van der Waals surface area (Å²) in [5.41, 5.74) is 1.14. The summed E-state index contributed by atoms with van der Waals surface area (Å²) >= 11 is 0. The van der Waals surface area contributed by atoms with E-state index in [1.165, 1.54) is 0 Å². The van der Waals surface area contributed by atoms with Crippen molar-refractivity contribution in [1.82, 2.24) is 4.90 Å². The van der Waals surface area contributed by atoms with E-state index < -0.39 is 0 Å². The van der Waals surface area contributed by atoms with Crippen LogP contribution in [0.15, 0.2) is 24.3 Å². The Balaban J connectivity index is 2.54. The summed E-state index contributed by atoms with van der Waals surface area (Å²) in [5.74, 6) is 0.767. The fraction of sp³-hybridized carbons (Fsp3) is 0.579. The van der Waals surface area contributed by atoms with Crippen molar-refractivity contribution in [3.8, 4) is 5.75 Å². The molecule has 0 saturated heterocycles. The number of ether oxygens (including phenoxy) is 2. The highest BCUT2D eigenvalue weighted by atomic mass is 16.5. The summed E-state index contributed by atoms with van der Waals surface area (Å²) in [6.45, 7) is 9.30. The van der Waals surface area contributed by atoms with E-state index in [0.717, 1.165) is 12.0 Å². The Hall–Kier alpha value is -2.04. The fourth-order valence-electron chi connectivity index (χ4n) is 2.11. The number of carbonyl (C=O) groups excluding carboxylic acids is 2. The molecule has 0 N–H and O–H groups in total. The number of rotatable bonds is 10. The monoisotopic (exact) mass is 335 g/mol. The molecule has 1 rings (SSSR count). The minimum absolute atomic E-state index is 0.0238. The lowest BCUT2D eigenvalue weighted by atomic mass is 10.1. The average molecular weight is 335 g/mol. The Morgan fingerprint density at radius 1 is 1.12 bits per heavy atom. The minimum atomic E-state index is -0.278. The van der Waals surface area contributed by atoms with Crippen molar-refractivity contribution in [3.05, 3.63) is 29.8 Å². The van der Waals surface area contributed by atoms with Crippen LogP contribution in [0.4, 0.5) is 0 Å². The van der Waals surface area contributed by atoms with Crippen molar-refractivity contribution in [2.75, 3.05) is 26.3 Å². The molecule has 0 heterocycles. The van der Waals surface area contributed by atoms with E-state index in [4.69, 9.17) is 9.47 Å². The molecule has 1 aromatic carbocycles. The van der Waals surface area contributed by atoms with Crippen LogP contribution in [-0.2, 0) is 14.3 Å². The lowest BCUT2D eigenvalue weighted by molar-refractivity contribution is -0.144. The van der Waals surface area contributed by atoms with Crippen molar-refractivity contribution < 1.29 is 19.1 Å². The quantitative estimate of drug-likeness (QED) is 0.616. The largest absolute Gasteiger partial charge is 0.484 e. The molecule has 0 saturated carbocycles. The molecule has 0 radical (unpaired) electrons. The summed E-state index contributed by atoms with van der Waals surface area (Å²) in [6.07, 6.45) is 1.10. The Bertz CT molecular complexity index is 511. The van der Waals surface area contributed by atoms with Crippen molar-refractivity contribution in [1.29, 1.82) is 0 Å². The number of hydrogen-bond donors (Lipinski definition) is 0. The molecule has 0 aromatic heterocycles. The second kappa shape index (κ2) is 10.7. The third-order valence-corrected chi connectivity index (χ3v) is 3.60. The van der Waals surface area contributed by atoms with Crippen molar-refractivity contribution >= 4 is 11.9 Å². The third-order valence-electron chi connectivity index (χ3n) is 3.60. The topological polar surface area (TPSA) is 55.8 Å². The molecular formula is C19H29NO4. The molecule has 0 fully saturated rings. The maximum atomic E-state index is 12.4. The lowest BCUT2D eigenvalue weighted by Crippen LogP contribution is -2.37. The van der Waals surface area contributed by atoms with Crippen LogP contribution in [0, 0.1) is 12.8 Å². The van der Waals surface area contributed by atoms with Crippen molar-refractivity contribution in [3.63, 3.8) is 0 Å². The molecule has 24 heavy (non-hydrogen) atoms. The van der Waals surface area contributed by atoms with Gasteiger partial charge >= 0.3 is 5.97 Å². The Morgan fingerprint density at radius 3 is 2.38 bits per heavy atom. The number of hydrogen-bond acceptors (Lipinski definition) is 4. The van der Waals surface area contributed by atoms with Crippen LogP contribution in [0.2, 0.25) is 0 Å². The second-order valence-electron chi connectivity index (χ2n) is 6.22. The molecule has 0 aliphatic carbocycles. The lowest BCUT2D eigenvalue weighted by Gasteiger charge is -2.23. The Labute approximate surface area is 144 Å². The Morgan fingerprint density at radius 2 is 1.79 bits per heavy atom. The van der Waals surface area contributed by atoms with Crippen LogP contribution in [0.25, 0.3) is 0 Å². The number of carbonyl (C=O) groups is 2. The highest BCUT2D eigenvalue weighted by Gasteiger charge is 2.16. The smallest absolute Gasteiger partial charge is 0.307 e. The molecule has 5 heteroatoms. The normalized spacial score (nSPS) is 10.5. The van der Waals surface area contributed by atoms with Gasteiger partial charge in [0.15, 0.2) is 6.61 Å². The van der Waals surface area contributed by atoms with Crippen LogP contribution in [-0.4, -0.2) is 43.1 Å². The first-order valence-electron chi connectivity index (χ1n) is 8.55. The van der Waals surface area contributed by atoms with Crippen LogP contribution in [0.3, 0.4) is 0 Å². The molecular weight excluding hydrogens is 306 g/mol. The van der Waals surface area contributed by atoms with Gasteiger partial charge in [-0.3, -0.25) is 9.59 Å². The van der Waals surface area contributed by atoms with Gasteiger partial charge in [0, 0.05) is 13.1 Å². The predicted molar refractivity (Wildman–Crippen MR) is 94.0 cm³/mol. The molecule has 0 atom stereocenters. The first kappa shape index (κ1) is 20.0. The van der Waals surface area contributed by atoms with Crippen LogP contribution < -0.4 is 4.74 Å². The number of nitrogens with zero attached hydrogens (tertiary/aromatic N) is 1. The van der Waals surface area contributed by atoms with Gasteiger partial charge in [-0.25, -0.2) is 0 Å². The van der Waals surface area contributed by atoms with Crippen LogP contribution in [0.5, 0.6) is 5.75 Å². The van der Waals surface area contributed by atoms with E-state index in [0.29, 0.717) is 31.4 Å². The predicted octanol–water partition coefficient (Wildman–Crippen LogP) is 3.20. The first-order chi connectivity index (χ1) is 11.4. The van der Waals surface area contributed by atoms with Crippen LogP contribution in [0.1, 0.15) is 39.2 Å². The molecule has 134 valence electrons. The molecule has 0 spiro atoms. The summed E-state index contributed by atoms with van der Waals surface area (Å²) in [7, 11) is 0. The zero-order valence-electron chi connectivity index (χ0n) is 15.2. The fourth-order valence-corrected chi connectivity index (χ4v) is 2.11. The molecule has 1 amide bonds. The van der Waals surface area contributed by atoms with Crippen molar-refractivity contribution in [2.24, 2.45) is 5.92 Å². The highest BCUT2D eigenvalue weighted by molar-refractivity contribution is 5.78. The van der Waals surface area contributed by atoms with Crippen molar-refractivity contribution in [2.45, 2.75) is 40.5 Å². The van der Waals surface area contributed by atoms with Gasteiger partial charge < -0.3 is 14.4 Å². The number of esters is 1. The van der Waals surface area contributed by atoms with E-state index in [1.807, 2.05) is 31.2 Å². The highest BCUT2D eigenvalue weighted by Crippen LogP contribution is 2.12. The first-order valence-corrected chi connectivity index (χ1v) is 8.55. The van der Waals surface area contributed by atoms with E-state index in [2.05, 4.69) is 13.8 Å². The molecule has 0 unspecified atom stereocenters. The summed E-state index contributed by atoms with van der Waals surface area (Å²) in [5, 5.41) is 0. The summed E-state index contributed by atoms with van der Waals surface area (Å²) in [4.78, 5) is 25.6. The SMILES string of the molecule is CCOC(=O)CCN(CCC(C)C)C(=O)COc1ccc(C)cc1. The number of benzene rings is 1. The maximum absolute atomic E-state index is 12.4. The third kappa shape index (κ3) is 7.99. The van der Waals surface area contributed by atoms with Gasteiger partial charge in [-0.15, -0.1) is 0 Å². The summed E-state index contributed by atoms with van der Waals surface area (Å²) < 4.78 is 10.5. The molecule has 1 aromatic rings. The van der Waals surface area contributed by atoms with Gasteiger partial charge in [0.2, 0.25) is 0 Å². The van der Waals surface area contributed by atoms with Gasteiger partial charge in [0.25, 0.3) is 5.91 Å². The minimum Gasteiger partial charge on any atom is -0.484 e. The molecule has 5 nitrogen and oxygen atoms in total. The maximum Gasteiger partial charge on any atom is 0.307 e. The van der Waals surface area contributed by atoms with Gasteiger partial charge in [0.05, 0.1) is 13.0 Å². The molecule has 0 bridgehead atoms. The van der Waals surface area contributed by atoms with Gasteiger partial charge in [-0.2, -0.15) is 0 Å². The van der Waals surface area contributed by atoms with Gasteiger partial charge in [-0.1, -0.05) is 31.5 Å². The summed E-state index contributed by atoms with van der Waals surface area (Å²) in [6, 6.07) is 7.58. The standard InChI is InChI=1S/C19H29NO4/c1-5-23-19(22)11-13-20(12-10-15(2)3)18(21)14-24-17-8-6-16(4)7-9-17/h6-9,15H,5,10-14H2,1-4H3. The van der Waals surface area contributed by atoms with Gasteiger partial charge in [0.1, 0.15) is 5.75 Å². The number of amides is 1. The van der Waals surface area contributed by atoms with E-state index >= 15 is 0 Å². The van der Waals surface area contributed by atoms with Gasteiger partial charge in [-0.05, 0) is 38.3 Å². The van der Waals surface area contributed by atoms with E-state index in [1.54, 1.807) is 11.8 Å². The van der Waals surface area contributed by atoms with E-state index in [-0.39, 0.29) is 24.9 Å². The average Bonchev–Trinajstić information content (AvgIpc) is 2.54. The zero-order valence-corrected chi connectivity index (χ0v) is 15.2. The second-order valence-corrected chi connectivity index (χ2v) is 6.22. The molecule has 0 aliphatic rings. The van der Waals surface area contributed by atoms with Crippen LogP contribution >= 0.6 is 0 Å².